The minimum atomic E-state index is -0.492. The van der Waals surface area contributed by atoms with E-state index in [2.05, 4.69) is 5.32 Å². The van der Waals surface area contributed by atoms with Crippen molar-refractivity contribution in [1.82, 2.24) is 10.2 Å². The van der Waals surface area contributed by atoms with Gasteiger partial charge in [0.15, 0.2) is 24.8 Å². The number of hydrogen-bond donors (Lipinski definition) is 1. The number of carbonyl (C=O) groups excluding carboxylic acids is 2. The number of para-hydroxylation sites is 2. The summed E-state index contributed by atoms with van der Waals surface area (Å²) in [6.45, 7) is 1.60. The molecule has 0 bridgehead atoms. The van der Waals surface area contributed by atoms with Gasteiger partial charge in [0.05, 0.1) is 0 Å². The Labute approximate surface area is 169 Å². The Morgan fingerprint density at radius 3 is 2.38 bits per heavy atom. The van der Waals surface area contributed by atoms with E-state index in [1.165, 1.54) is 12.1 Å². The van der Waals surface area contributed by atoms with E-state index in [4.69, 9.17) is 9.47 Å². The fraction of sp³-hybridized carbons (Fsp3) is 0.364. The molecule has 6 nitrogen and oxygen atoms in total. The molecule has 0 spiro atoms. The Bertz CT molecular complexity index is 807. The zero-order valence-electron chi connectivity index (χ0n) is 16.2. The summed E-state index contributed by atoms with van der Waals surface area (Å²) >= 11 is 0. The van der Waals surface area contributed by atoms with E-state index >= 15 is 0 Å². The lowest BCUT2D eigenvalue weighted by Crippen LogP contribution is -2.43. The lowest BCUT2D eigenvalue weighted by atomic mass is 9.97. The van der Waals surface area contributed by atoms with Crippen molar-refractivity contribution in [3.63, 3.8) is 0 Å². The molecule has 0 aliphatic carbocycles. The first-order valence-electron chi connectivity index (χ1n) is 9.71. The predicted molar refractivity (Wildman–Crippen MR) is 106 cm³/mol. The van der Waals surface area contributed by atoms with Crippen LogP contribution >= 0.6 is 0 Å². The van der Waals surface area contributed by atoms with E-state index in [1.54, 1.807) is 17.0 Å². The minimum Gasteiger partial charge on any atom is -0.484 e. The molecule has 2 amide bonds. The van der Waals surface area contributed by atoms with E-state index in [0.717, 1.165) is 12.8 Å². The second kappa shape index (κ2) is 10.5. The van der Waals surface area contributed by atoms with Crippen LogP contribution in [-0.2, 0) is 9.59 Å². The summed E-state index contributed by atoms with van der Waals surface area (Å²) in [6, 6.07) is 15.2. The maximum Gasteiger partial charge on any atom is 0.260 e. The van der Waals surface area contributed by atoms with E-state index < -0.39 is 5.82 Å². The van der Waals surface area contributed by atoms with Gasteiger partial charge in [-0.15, -0.1) is 0 Å². The van der Waals surface area contributed by atoms with Gasteiger partial charge in [0.2, 0.25) is 0 Å². The number of likely N-dealkylation sites (tertiary alicyclic amines) is 1. The summed E-state index contributed by atoms with van der Waals surface area (Å²) in [6.07, 6.45) is 1.62. The van der Waals surface area contributed by atoms with Gasteiger partial charge in [0.25, 0.3) is 11.8 Å². The van der Waals surface area contributed by atoms with E-state index in [1.807, 2.05) is 30.3 Å². The third-order valence-corrected chi connectivity index (χ3v) is 4.86. The lowest BCUT2D eigenvalue weighted by Gasteiger charge is -2.32. The number of nitrogens with zero attached hydrogens (tertiary/aromatic N) is 1. The molecule has 154 valence electrons. The number of benzene rings is 2. The molecule has 0 radical (unpaired) electrons. The number of hydrogen-bond acceptors (Lipinski definition) is 4. The van der Waals surface area contributed by atoms with Crippen molar-refractivity contribution in [2.75, 3.05) is 32.8 Å². The Kier molecular flexibility index (Phi) is 7.44. The molecule has 0 aromatic heterocycles. The van der Waals surface area contributed by atoms with Crippen LogP contribution in [0.1, 0.15) is 12.8 Å². The van der Waals surface area contributed by atoms with Gasteiger partial charge in [-0.05, 0) is 43.0 Å². The highest BCUT2D eigenvalue weighted by Gasteiger charge is 2.23. The number of piperidine rings is 1. The summed E-state index contributed by atoms with van der Waals surface area (Å²) in [5.41, 5.74) is 0. The zero-order chi connectivity index (χ0) is 20.5. The summed E-state index contributed by atoms with van der Waals surface area (Å²) in [5.74, 6) is 0.223. The van der Waals surface area contributed by atoms with Gasteiger partial charge in [0.1, 0.15) is 5.75 Å². The van der Waals surface area contributed by atoms with Crippen LogP contribution in [0.15, 0.2) is 54.6 Å². The second-order valence-electron chi connectivity index (χ2n) is 6.95. The molecule has 1 fully saturated rings. The monoisotopic (exact) mass is 400 g/mol. The Morgan fingerprint density at radius 1 is 0.966 bits per heavy atom. The van der Waals surface area contributed by atoms with Crippen LogP contribution in [0.25, 0.3) is 0 Å². The lowest BCUT2D eigenvalue weighted by molar-refractivity contribution is -0.135. The third kappa shape index (κ3) is 6.48. The highest BCUT2D eigenvalue weighted by molar-refractivity contribution is 5.78. The molecule has 0 unspecified atom stereocenters. The van der Waals surface area contributed by atoms with Gasteiger partial charge in [-0.3, -0.25) is 9.59 Å². The summed E-state index contributed by atoms with van der Waals surface area (Å²) in [5, 5.41) is 2.82. The van der Waals surface area contributed by atoms with E-state index in [-0.39, 0.29) is 30.8 Å². The van der Waals surface area contributed by atoms with Gasteiger partial charge in [-0.25, -0.2) is 4.39 Å². The molecule has 1 aliphatic rings. The first-order chi connectivity index (χ1) is 14.1. The standard InChI is InChI=1S/C22H25FN2O4/c23-19-8-4-5-9-20(19)29-15-21(26)24-14-17-10-12-25(13-11-17)22(27)16-28-18-6-2-1-3-7-18/h1-9,17H,10-16H2,(H,24,26). The normalized spacial score (nSPS) is 14.3. The number of halogens is 1. The highest BCUT2D eigenvalue weighted by atomic mass is 19.1. The third-order valence-electron chi connectivity index (χ3n) is 4.86. The van der Waals surface area contributed by atoms with Crippen LogP contribution in [0.4, 0.5) is 4.39 Å². The summed E-state index contributed by atoms with van der Waals surface area (Å²) in [4.78, 5) is 26.0. The average molecular weight is 400 g/mol. The molecule has 1 heterocycles. The average Bonchev–Trinajstić information content (AvgIpc) is 2.76. The smallest absolute Gasteiger partial charge is 0.260 e. The van der Waals surface area contributed by atoms with Crippen molar-refractivity contribution in [2.24, 2.45) is 5.92 Å². The fourth-order valence-electron chi connectivity index (χ4n) is 3.15. The maximum absolute atomic E-state index is 13.5. The minimum absolute atomic E-state index is 0.0266. The predicted octanol–water partition coefficient (Wildman–Crippen LogP) is 2.64. The molecular weight excluding hydrogens is 375 g/mol. The first kappa shape index (κ1) is 20.6. The second-order valence-corrected chi connectivity index (χ2v) is 6.95. The highest BCUT2D eigenvalue weighted by Crippen LogP contribution is 2.18. The first-order valence-corrected chi connectivity index (χ1v) is 9.71. The van der Waals surface area contributed by atoms with Gasteiger partial charge < -0.3 is 19.7 Å². The maximum atomic E-state index is 13.5. The number of amides is 2. The van der Waals surface area contributed by atoms with Crippen LogP contribution in [0, 0.1) is 11.7 Å². The fourth-order valence-corrected chi connectivity index (χ4v) is 3.15. The van der Waals surface area contributed by atoms with Crippen molar-refractivity contribution in [3.8, 4) is 11.5 Å². The van der Waals surface area contributed by atoms with Crippen molar-refractivity contribution in [3.05, 3.63) is 60.4 Å². The molecule has 0 atom stereocenters. The quantitative estimate of drug-likeness (QED) is 0.740. The SMILES string of the molecule is O=C(COc1ccccc1F)NCC1CCN(C(=O)COc2ccccc2)CC1. The summed E-state index contributed by atoms with van der Waals surface area (Å²) in [7, 11) is 0. The largest absolute Gasteiger partial charge is 0.484 e. The van der Waals surface area contributed by atoms with E-state index in [0.29, 0.717) is 31.3 Å². The molecule has 2 aromatic carbocycles. The molecule has 29 heavy (non-hydrogen) atoms. The van der Waals surface area contributed by atoms with Gasteiger partial charge in [0, 0.05) is 19.6 Å². The zero-order valence-corrected chi connectivity index (χ0v) is 16.2. The topological polar surface area (TPSA) is 67.9 Å². The molecule has 3 rings (SSSR count). The van der Waals surface area contributed by atoms with Gasteiger partial charge in [-0.2, -0.15) is 0 Å². The van der Waals surface area contributed by atoms with Crippen molar-refractivity contribution < 1.29 is 23.5 Å². The summed E-state index contributed by atoms with van der Waals surface area (Å²) < 4.78 is 24.2. The van der Waals surface area contributed by atoms with Crippen molar-refractivity contribution in [2.45, 2.75) is 12.8 Å². The number of ether oxygens (including phenoxy) is 2. The Balaban J connectivity index is 1.31. The molecule has 0 saturated carbocycles. The van der Waals surface area contributed by atoms with Gasteiger partial charge >= 0.3 is 0 Å². The van der Waals surface area contributed by atoms with Crippen molar-refractivity contribution in [1.29, 1.82) is 0 Å². The van der Waals surface area contributed by atoms with Crippen LogP contribution in [0.3, 0.4) is 0 Å². The van der Waals surface area contributed by atoms with E-state index in [9.17, 15) is 14.0 Å². The molecule has 7 heteroatoms. The number of nitrogens with one attached hydrogen (secondary N) is 1. The molecule has 1 N–H and O–H groups in total. The van der Waals surface area contributed by atoms with Gasteiger partial charge in [-0.1, -0.05) is 30.3 Å². The van der Waals surface area contributed by atoms with Crippen LogP contribution in [0.2, 0.25) is 0 Å². The van der Waals surface area contributed by atoms with Crippen LogP contribution in [0.5, 0.6) is 11.5 Å². The Hall–Kier alpha value is -3.09. The van der Waals surface area contributed by atoms with Crippen LogP contribution < -0.4 is 14.8 Å². The van der Waals surface area contributed by atoms with Crippen LogP contribution in [-0.4, -0.2) is 49.6 Å². The van der Waals surface area contributed by atoms with Crippen molar-refractivity contribution >= 4 is 11.8 Å². The molecular formula is C22H25FN2O4. The number of carbonyl (C=O) groups is 2. The molecule has 1 saturated heterocycles. The number of rotatable bonds is 8. The Morgan fingerprint density at radius 2 is 1.66 bits per heavy atom. The molecule has 2 aromatic rings. The molecule has 1 aliphatic heterocycles.